The molecule has 0 aliphatic heterocycles. The number of aromatic hydroxyl groups is 1. The molecule has 2 aromatic rings. The smallest absolute Gasteiger partial charge is 0.154 e. The zero-order valence-electron chi connectivity index (χ0n) is 7.40. The maximum absolute atomic E-state index is 10.7. The summed E-state index contributed by atoms with van der Waals surface area (Å²) in [6, 6.07) is 10.8. The molecule has 0 saturated carbocycles. The largest absolute Gasteiger partial charge is 0.507 e. The van der Waals surface area contributed by atoms with Crippen molar-refractivity contribution in [3.63, 3.8) is 0 Å². The van der Waals surface area contributed by atoms with Gasteiger partial charge >= 0.3 is 0 Å². The van der Waals surface area contributed by atoms with Gasteiger partial charge in [0.15, 0.2) is 6.29 Å². The Morgan fingerprint density at radius 3 is 2.50 bits per heavy atom. The predicted octanol–water partition coefficient (Wildman–Crippen LogP) is 1.98. The first-order valence-electron chi connectivity index (χ1n) is 3.99. The molecule has 0 atom stereocenters. The molecular formula is C11H8O2Pb. The molecule has 2 aromatic carbocycles. The van der Waals surface area contributed by atoms with Crippen LogP contribution in [-0.2, 0) is 0 Å². The quantitative estimate of drug-likeness (QED) is 0.608. The van der Waals surface area contributed by atoms with Crippen LogP contribution in [0.4, 0.5) is 0 Å². The van der Waals surface area contributed by atoms with E-state index in [0.717, 1.165) is 10.8 Å². The number of hydrogen-bond donors (Lipinski definition) is 1. The van der Waals surface area contributed by atoms with Crippen molar-refractivity contribution in [3.05, 3.63) is 42.0 Å². The van der Waals surface area contributed by atoms with E-state index in [1.165, 1.54) is 6.07 Å². The molecule has 2 nitrogen and oxygen atoms in total. The summed E-state index contributed by atoms with van der Waals surface area (Å²) in [5.41, 5.74) is 0.359. The van der Waals surface area contributed by atoms with Crippen molar-refractivity contribution in [3.8, 4) is 5.75 Å². The van der Waals surface area contributed by atoms with Crippen molar-refractivity contribution in [2.45, 2.75) is 0 Å². The average molecular weight is 379 g/mol. The molecule has 0 unspecified atom stereocenters. The van der Waals surface area contributed by atoms with Crippen LogP contribution in [0.2, 0.25) is 0 Å². The van der Waals surface area contributed by atoms with Gasteiger partial charge in [0.1, 0.15) is 5.75 Å². The van der Waals surface area contributed by atoms with Crippen molar-refractivity contribution in [2.24, 2.45) is 0 Å². The Morgan fingerprint density at radius 2 is 1.79 bits per heavy atom. The standard InChI is InChI=1S/C11H8O2.Pb/c12-7-10-9-4-2-1-3-8(9)5-6-11(10)13;/h1-7,13H;. The van der Waals surface area contributed by atoms with E-state index in [1.54, 1.807) is 6.07 Å². The van der Waals surface area contributed by atoms with Gasteiger partial charge in [0.2, 0.25) is 0 Å². The van der Waals surface area contributed by atoms with E-state index >= 15 is 0 Å². The second-order valence-electron chi connectivity index (χ2n) is 2.84. The van der Waals surface area contributed by atoms with E-state index in [9.17, 15) is 9.90 Å². The van der Waals surface area contributed by atoms with Gasteiger partial charge < -0.3 is 5.11 Å². The molecule has 1 N–H and O–H groups in total. The molecule has 3 heteroatoms. The van der Waals surface area contributed by atoms with Gasteiger partial charge in [0.25, 0.3) is 0 Å². The Kier molecular flexibility index (Phi) is 3.63. The third kappa shape index (κ3) is 1.79. The summed E-state index contributed by atoms with van der Waals surface area (Å²) in [7, 11) is 0. The number of carbonyl (C=O) groups is 1. The van der Waals surface area contributed by atoms with Crippen molar-refractivity contribution in [1.29, 1.82) is 0 Å². The van der Waals surface area contributed by atoms with Crippen molar-refractivity contribution < 1.29 is 9.90 Å². The molecule has 0 saturated heterocycles. The van der Waals surface area contributed by atoms with Gasteiger partial charge in [-0.1, -0.05) is 30.3 Å². The summed E-state index contributed by atoms with van der Waals surface area (Å²) >= 11 is 0. The average Bonchev–Trinajstić information content (AvgIpc) is 2.18. The molecule has 14 heavy (non-hydrogen) atoms. The van der Waals surface area contributed by atoms with Crippen LogP contribution >= 0.6 is 0 Å². The number of aldehydes is 1. The van der Waals surface area contributed by atoms with Gasteiger partial charge in [0.05, 0.1) is 5.56 Å². The Bertz CT molecular complexity index is 466. The Balaban J connectivity index is 0.000000980. The van der Waals surface area contributed by atoms with Gasteiger partial charge in [-0.05, 0) is 16.8 Å². The first-order chi connectivity index (χ1) is 6.33. The second-order valence-corrected chi connectivity index (χ2v) is 2.84. The van der Waals surface area contributed by atoms with E-state index < -0.39 is 0 Å². The maximum Gasteiger partial charge on any atom is 0.154 e. The van der Waals surface area contributed by atoms with Gasteiger partial charge in [-0.3, -0.25) is 4.79 Å². The molecule has 2 rings (SSSR count). The number of phenolic OH excluding ortho intramolecular Hbond substituents is 1. The van der Waals surface area contributed by atoms with E-state index in [0.29, 0.717) is 11.8 Å². The number of hydrogen-bond acceptors (Lipinski definition) is 2. The predicted molar refractivity (Wildman–Crippen MR) is 56.8 cm³/mol. The van der Waals surface area contributed by atoms with Gasteiger partial charge in [-0.15, -0.1) is 0 Å². The molecule has 0 aliphatic carbocycles. The van der Waals surface area contributed by atoms with Crippen LogP contribution in [0.5, 0.6) is 5.75 Å². The number of rotatable bonds is 1. The molecule has 0 aliphatic rings. The number of carbonyl (C=O) groups excluding carboxylic acids is 1. The fraction of sp³-hybridized carbons (Fsp3) is 0. The van der Waals surface area contributed by atoms with E-state index in [2.05, 4.69) is 0 Å². The molecule has 0 heterocycles. The zero-order valence-corrected chi connectivity index (χ0v) is 11.3. The fourth-order valence-corrected chi connectivity index (χ4v) is 1.41. The SMILES string of the molecule is O=Cc1c(O)ccc2ccccc12.[Pb]. The summed E-state index contributed by atoms with van der Waals surface area (Å²) in [6.45, 7) is 0. The Hall–Kier alpha value is -0.908. The van der Waals surface area contributed by atoms with Crippen LogP contribution in [0.25, 0.3) is 10.8 Å². The third-order valence-electron chi connectivity index (χ3n) is 2.07. The first kappa shape index (κ1) is 11.2. The van der Waals surface area contributed by atoms with Gasteiger partial charge in [0, 0.05) is 27.3 Å². The van der Waals surface area contributed by atoms with Crippen LogP contribution in [0.15, 0.2) is 36.4 Å². The minimum absolute atomic E-state index is 0. The van der Waals surface area contributed by atoms with E-state index in [-0.39, 0.29) is 33.0 Å². The van der Waals surface area contributed by atoms with Crippen LogP contribution < -0.4 is 0 Å². The minimum atomic E-state index is 0. The molecule has 68 valence electrons. The molecule has 0 fully saturated rings. The molecule has 4 radical (unpaired) electrons. The van der Waals surface area contributed by atoms with Crippen LogP contribution in [0.3, 0.4) is 0 Å². The van der Waals surface area contributed by atoms with Crippen LogP contribution in [0, 0.1) is 0 Å². The Morgan fingerprint density at radius 1 is 1.07 bits per heavy atom. The first-order valence-corrected chi connectivity index (χ1v) is 3.99. The van der Waals surface area contributed by atoms with Gasteiger partial charge in [-0.2, -0.15) is 0 Å². The molecule has 0 bridgehead atoms. The minimum Gasteiger partial charge on any atom is -0.507 e. The topological polar surface area (TPSA) is 37.3 Å². The van der Waals surface area contributed by atoms with Crippen LogP contribution in [0.1, 0.15) is 10.4 Å². The van der Waals surface area contributed by atoms with E-state index in [1.807, 2.05) is 24.3 Å². The second kappa shape index (κ2) is 4.55. The molecule has 0 spiro atoms. The van der Waals surface area contributed by atoms with Crippen LogP contribution in [-0.4, -0.2) is 38.7 Å². The Labute approximate surface area is 102 Å². The zero-order chi connectivity index (χ0) is 9.26. The number of phenols is 1. The monoisotopic (exact) mass is 380 g/mol. The van der Waals surface area contributed by atoms with Crippen molar-refractivity contribution >= 4 is 44.4 Å². The summed E-state index contributed by atoms with van der Waals surface area (Å²) in [6.07, 6.45) is 0.678. The number of fused-ring (bicyclic) bond motifs is 1. The van der Waals surface area contributed by atoms with Crippen molar-refractivity contribution in [2.75, 3.05) is 0 Å². The molecule has 0 aromatic heterocycles. The fourth-order valence-electron chi connectivity index (χ4n) is 1.41. The normalized spacial score (nSPS) is 9.43. The molecular weight excluding hydrogens is 371 g/mol. The third-order valence-corrected chi connectivity index (χ3v) is 2.07. The summed E-state index contributed by atoms with van der Waals surface area (Å²) in [5, 5.41) is 11.1. The number of benzene rings is 2. The van der Waals surface area contributed by atoms with Crippen molar-refractivity contribution in [1.82, 2.24) is 0 Å². The van der Waals surface area contributed by atoms with Gasteiger partial charge in [-0.25, -0.2) is 0 Å². The maximum atomic E-state index is 10.7. The molecule has 0 amide bonds. The summed E-state index contributed by atoms with van der Waals surface area (Å²) in [4.78, 5) is 10.7. The summed E-state index contributed by atoms with van der Waals surface area (Å²) < 4.78 is 0. The van der Waals surface area contributed by atoms with E-state index in [4.69, 9.17) is 0 Å². The summed E-state index contributed by atoms with van der Waals surface area (Å²) in [5.74, 6) is 0.0358.